The van der Waals surface area contributed by atoms with Crippen molar-refractivity contribution in [3.8, 4) is 0 Å². The molecule has 2 unspecified atom stereocenters. The lowest BCUT2D eigenvalue weighted by atomic mass is 10.1. The van der Waals surface area contributed by atoms with Gasteiger partial charge in [-0.15, -0.1) is 0 Å². The van der Waals surface area contributed by atoms with Gasteiger partial charge in [-0.1, -0.05) is 0 Å². The van der Waals surface area contributed by atoms with E-state index in [1.54, 1.807) is 32.4 Å². The van der Waals surface area contributed by atoms with E-state index in [2.05, 4.69) is 26.5 Å². The average Bonchev–Trinajstić information content (AvgIpc) is 2.35. The van der Waals surface area contributed by atoms with E-state index in [4.69, 9.17) is 5.73 Å². The van der Waals surface area contributed by atoms with Crippen molar-refractivity contribution in [3.63, 3.8) is 0 Å². The minimum absolute atomic E-state index is 0.0309. The van der Waals surface area contributed by atoms with Crippen LogP contribution in [-0.4, -0.2) is 37.1 Å². The highest BCUT2D eigenvalue weighted by atomic mass is 16.2. The minimum Gasteiger partial charge on any atom is -0.384 e. The molecule has 6 N–H and O–H groups in total. The second-order valence-electron chi connectivity index (χ2n) is 3.91. The molecule has 0 saturated carbocycles. The maximum absolute atomic E-state index is 12.1. The Hall–Kier alpha value is -1.70. The number of hydrogen-bond acceptors (Lipinski definition) is 6. The standard InChI is InChI=1S/C11H20N6O/c1-7(13-2)10(17-14-3)11(18)16-8-4-5-15-9(12)6-8/h4-7,10,13-14,17H,1-3H3,(H3,12,15,16,18). The summed E-state index contributed by atoms with van der Waals surface area (Å²) in [5.74, 6) is 0.212. The zero-order valence-corrected chi connectivity index (χ0v) is 10.8. The van der Waals surface area contributed by atoms with Crippen molar-refractivity contribution in [3.05, 3.63) is 18.3 Å². The predicted molar refractivity (Wildman–Crippen MR) is 71.8 cm³/mol. The fourth-order valence-electron chi connectivity index (χ4n) is 1.49. The number of nitrogens with two attached hydrogens (primary N) is 1. The highest BCUT2D eigenvalue weighted by molar-refractivity contribution is 5.95. The molecule has 0 aromatic carbocycles. The average molecular weight is 252 g/mol. The van der Waals surface area contributed by atoms with Crippen LogP contribution in [0.15, 0.2) is 18.3 Å². The topological polar surface area (TPSA) is 104 Å². The number of rotatable bonds is 6. The molecule has 7 nitrogen and oxygen atoms in total. The Kier molecular flexibility index (Phi) is 5.50. The Labute approximate surface area is 107 Å². The molecule has 0 spiro atoms. The van der Waals surface area contributed by atoms with Gasteiger partial charge in [-0.05, 0) is 27.1 Å². The molecule has 2 atom stereocenters. The molecule has 0 aliphatic heterocycles. The van der Waals surface area contributed by atoms with Crippen LogP contribution in [-0.2, 0) is 4.79 Å². The lowest BCUT2D eigenvalue weighted by molar-refractivity contribution is -0.118. The van der Waals surface area contributed by atoms with Gasteiger partial charge >= 0.3 is 0 Å². The van der Waals surface area contributed by atoms with E-state index in [-0.39, 0.29) is 11.9 Å². The second kappa shape index (κ2) is 6.90. The lowest BCUT2D eigenvalue weighted by Gasteiger charge is -2.23. The molecule has 18 heavy (non-hydrogen) atoms. The summed E-state index contributed by atoms with van der Waals surface area (Å²) in [6, 6.07) is 2.86. The molecular weight excluding hydrogens is 232 g/mol. The van der Waals surface area contributed by atoms with Gasteiger partial charge < -0.3 is 16.4 Å². The van der Waals surface area contributed by atoms with Crippen LogP contribution in [0, 0.1) is 0 Å². The number of hydrogen-bond donors (Lipinski definition) is 5. The molecule has 1 rings (SSSR count). The molecule has 1 amide bonds. The number of nitrogens with zero attached hydrogens (tertiary/aromatic N) is 1. The van der Waals surface area contributed by atoms with E-state index in [1.165, 1.54) is 0 Å². The number of carbonyl (C=O) groups is 1. The van der Waals surface area contributed by atoms with E-state index in [9.17, 15) is 4.79 Å². The third kappa shape index (κ3) is 3.95. The number of likely N-dealkylation sites (N-methyl/N-ethyl adjacent to an activating group) is 1. The molecule has 0 aliphatic rings. The van der Waals surface area contributed by atoms with E-state index < -0.39 is 6.04 Å². The highest BCUT2D eigenvalue weighted by Gasteiger charge is 2.23. The lowest BCUT2D eigenvalue weighted by Crippen LogP contribution is -2.55. The van der Waals surface area contributed by atoms with E-state index in [0.717, 1.165) is 0 Å². The number of nitrogen functional groups attached to an aromatic ring is 1. The van der Waals surface area contributed by atoms with Gasteiger partial charge in [-0.25, -0.2) is 10.4 Å². The van der Waals surface area contributed by atoms with Crippen molar-refractivity contribution in [2.45, 2.75) is 19.0 Å². The summed E-state index contributed by atoms with van der Waals surface area (Å²) in [6.07, 6.45) is 1.55. The van der Waals surface area contributed by atoms with E-state index in [1.807, 2.05) is 6.92 Å². The van der Waals surface area contributed by atoms with Crippen LogP contribution in [0.3, 0.4) is 0 Å². The first kappa shape index (κ1) is 14.4. The van der Waals surface area contributed by atoms with Crippen molar-refractivity contribution in [1.82, 2.24) is 21.2 Å². The van der Waals surface area contributed by atoms with E-state index in [0.29, 0.717) is 11.5 Å². The predicted octanol–water partition coefficient (Wildman–Crippen LogP) is -0.697. The number of nitrogens with one attached hydrogen (secondary N) is 4. The first-order chi connectivity index (χ1) is 8.58. The van der Waals surface area contributed by atoms with Crippen molar-refractivity contribution in [2.24, 2.45) is 0 Å². The Bertz CT molecular complexity index is 397. The van der Waals surface area contributed by atoms with Crippen molar-refractivity contribution < 1.29 is 4.79 Å². The molecule has 0 radical (unpaired) electrons. The van der Waals surface area contributed by atoms with Crippen molar-refractivity contribution in [1.29, 1.82) is 0 Å². The van der Waals surface area contributed by atoms with Gasteiger partial charge in [0.15, 0.2) is 0 Å². The van der Waals surface area contributed by atoms with Gasteiger partial charge in [0.05, 0.1) is 0 Å². The fourth-order valence-corrected chi connectivity index (χ4v) is 1.49. The van der Waals surface area contributed by atoms with Crippen LogP contribution in [0.5, 0.6) is 0 Å². The van der Waals surface area contributed by atoms with Gasteiger partial charge in [-0.3, -0.25) is 10.2 Å². The van der Waals surface area contributed by atoms with E-state index >= 15 is 0 Å². The van der Waals surface area contributed by atoms with Crippen molar-refractivity contribution >= 4 is 17.4 Å². The molecule has 1 aromatic rings. The van der Waals surface area contributed by atoms with Gasteiger partial charge in [0.25, 0.3) is 0 Å². The summed E-state index contributed by atoms with van der Waals surface area (Å²) in [4.78, 5) is 16.0. The summed E-state index contributed by atoms with van der Waals surface area (Å²) in [7, 11) is 3.51. The van der Waals surface area contributed by atoms with Crippen LogP contribution in [0.2, 0.25) is 0 Å². The Morgan fingerprint density at radius 3 is 2.72 bits per heavy atom. The minimum atomic E-state index is -0.408. The first-order valence-electron chi connectivity index (χ1n) is 5.70. The third-order valence-corrected chi connectivity index (χ3v) is 2.59. The summed E-state index contributed by atoms with van der Waals surface area (Å²) in [6.45, 7) is 1.91. The van der Waals surface area contributed by atoms with Gasteiger partial charge in [0.2, 0.25) is 5.91 Å². The number of aromatic nitrogens is 1. The zero-order valence-electron chi connectivity index (χ0n) is 10.8. The number of carbonyl (C=O) groups excluding carboxylic acids is 1. The fraction of sp³-hybridized carbons (Fsp3) is 0.455. The smallest absolute Gasteiger partial charge is 0.244 e. The molecular formula is C11H20N6O. The largest absolute Gasteiger partial charge is 0.384 e. The summed E-state index contributed by atoms with van der Waals surface area (Å²) < 4.78 is 0. The van der Waals surface area contributed by atoms with Gasteiger partial charge in [0, 0.05) is 24.0 Å². The third-order valence-electron chi connectivity index (χ3n) is 2.59. The molecule has 100 valence electrons. The monoisotopic (exact) mass is 252 g/mol. The molecule has 0 fully saturated rings. The number of hydrazine groups is 1. The van der Waals surface area contributed by atoms with Crippen molar-refractivity contribution in [2.75, 3.05) is 25.1 Å². The Morgan fingerprint density at radius 1 is 1.44 bits per heavy atom. The molecule has 1 aromatic heterocycles. The summed E-state index contributed by atoms with van der Waals surface area (Å²) in [5, 5.41) is 5.81. The number of anilines is 2. The Morgan fingerprint density at radius 2 is 2.17 bits per heavy atom. The van der Waals surface area contributed by atoms with Gasteiger partial charge in [0.1, 0.15) is 11.9 Å². The zero-order chi connectivity index (χ0) is 13.5. The molecule has 0 saturated heterocycles. The quantitative estimate of drug-likeness (QED) is 0.429. The summed E-state index contributed by atoms with van der Waals surface area (Å²) >= 11 is 0. The number of pyridine rings is 1. The summed E-state index contributed by atoms with van der Waals surface area (Å²) in [5.41, 5.74) is 11.8. The van der Waals surface area contributed by atoms with Crippen LogP contribution in [0.4, 0.5) is 11.5 Å². The van der Waals surface area contributed by atoms with Crippen LogP contribution >= 0.6 is 0 Å². The highest BCUT2D eigenvalue weighted by Crippen LogP contribution is 2.09. The normalized spacial score (nSPS) is 13.9. The molecule has 0 aliphatic carbocycles. The second-order valence-corrected chi connectivity index (χ2v) is 3.91. The van der Waals surface area contributed by atoms with Gasteiger partial charge in [-0.2, -0.15) is 0 Å². The molecule has 0 bridgehead atoms. The molecule has 1 heterocycles. The maximum Gasteiger partial charge on any atom is 0.244 e. The molecule has 7 heteroatoms. The SMILES string of the molecule is CNNC(C(=O)Nc1ccnc(N)c1)C(C)NC. The first-order valence-corrected chi connectivity index (χ1v) is 5.70. The van der Waals surface area contributed by atoms with Crippen LogP contribution < -0.4 is 27.2 Å². The maximum atomic E-state index is 12.1. The van der Waals surface area contributed by atoms with Crippen LogP contribution in [0.25, 0.3) is 0 Å². The Balaban J connectivity index is 2.72. The number of amides is 1. The van der Waals surface area contributed by atoms with Crippen LogP contribution in [0.1, 0.15) is 6.92 Å².